The van der Waals surface area contributed by atoms with Gasteiger partial charge in [0.2, 0.25) is 0 Å². The molecule has 0 spiro atoms. The second-order valence-electron chi connectivity index (χ2n) is 5.29. The number of rotatable bonds is 5. The van der Waals surface area contributed by atoms with Gasteiger partial charge in [0, 0.05) is 11.9 Å². The first-order valence-electron chi connectivity index (χ1n) is 7.09. The summed E-state index contributed by atoms with van der Waals surface area (Å²) >= 11 is 0. The van der Waals surface area contributed by atoms with Gasteiger partial charge in [-0.3, -0.25) is 4.79 Å². The van der Waals surface area contributed by atoms with E-state index in [0.717, 1.165) is 11.8 Å². The largest absolute Gasteiger partial charge is 0.452 e. The molecule has 126 valence electrons. The molecule has 24 heavy (non-hydrogen) atoms. The first-order chi connectivity index (χ1) is 11.3. The fourth-order valence-electron chi connectivity index (χ4n) is 1.97. The molecule has 0 aliphatic carbocycles. The van der Waals surface area contributed by atoms with E-state index < -0.39 is 28.3 Å². The van der Waals surface area contributed by atoms with Crippen molar-refractivity contribution >= 4 is 27.4 Å². The lowest BCUT2D eigenvalue weighted by molar-refractivity contribution is -0.119. The number of benzene rings is 2. The van der Waals surface area contributed by atoms with Gasteiger partial charge in [-0.1, -0.05) is 12.1 Å². The zero-order valence-corrected chi connectivity index (χ0v) is 14.1. The molecule has 2 rings (SSSR count). The van der Waals surface area contributed by atoms with Gasteiger partial charge < -0.3 is 10.1 Å². The maximum Gasteiger partial charge on any atom is 0.338 e. The fourth-order valence-corrected chi connectivity index (χ4v) is 2.60. The van der Waals surface area contributed by atoms with Gasteiger partial charge in [0.1, 0.15) is 0 Å². The van der Waals surface area contributed by atoms with Crippen LogP contribution >= 0.6 is 0 Å². The molecule has 0 heterocycles. The number of carbonyl (C=O) groups excluding carboxylic acids is 2. The summed E-state index contributed by atoms with van der Waals surface area (Å²) in [6, 6.07) is 12.6. The number of aryl methyl sites for hydroxylation is 1. The van der Waals surface area contributed by atoms with E-state index in [2.05, 4.69) is 5.32 Å². The SMILES string of the molecule is Cc1cccc(NC(=O)COC(=O)c2ccc(S(C)(=O)=O)cc2)c1. The van der Waals surface area contributed by atoms with Crippen molar-refractivity contribution in [2.45, 2.75) is 11.8 Å². The smallest absolute Gasteiger partial charge is 0.338 e. The predicted molar refractivity (Wildman–Crippen MR) is 89.6 cm³/mol. The van der Waals surface area contributed by atoms with Gasteiger partial charge in [0.05, 0.1) is 10.5 Å². The van der Waals surface area contributed by atoms with E-state index in [4.69, 9.17) is 4.74 Å². The Hall–Kier alpha value is -2.67. The molecule has 0 radical (unpaired) electrons. The van der Waals surface area contributed by atoms with Crippen molar-refractivity contribution in [1.29, 1.82) is 0 Å². The van der Waals surface area contributed by atoms with Crippen LogP contribution in [0.2, 0.25) is 0 Å². The minimum absolute atomic E-state index is 0.108. The molecule has 2 aromatic carbocycles. The first-order valence-corrected chi connectivity index (χ1v) is 8.98. The maximum atomic E-state index is 11.9. The standard InChI is InChI=1S/C17H17NO5S/c1-12-4-3-5-14(10-12)18-16(19)11-23-17(20)13-6-8-15(9-7-13)24(2,21)22/h3-10H,11H2,1-2H3,(H,18,19). The van der Waals surface area contributed by atoms with Crippen molar-refractivity contribution in [2.75, 3.05) is 18.2 Å². The van der Waals surface area contributed by atoms with Crippen molar-refractivity contribution in [2.24, 2.45) is 0 Å². The summed E-state index contributed by atoms with van der Waals surface area (Å²) in [7, 11) is -3.33. The average molecular weight is 347 g/mol. The Kier molecular flexibility index (Phi) is 5.35. The van der Waals surface area contributed by atoms with Gasteiger partial charge in [-0.2, -0.15) is 0 Å². The number of esters is 1. The van der Waals surface area contributed by atoms with Gasteiger partial charge in [0.25, 0.3) is 5.91 Å². The quantitative estimate of drug-likeness (QED) is 0.838. The fraction of sp³-hybridized carbons (Fsp3) is 0.176. The van der Waals surface area contributed by atoms with Gasteiger partial charge >= 0.3 is 5.97 Å². The molecule has 0 saturated heterocycles. The summed E-state index contributed by atoms with van der Waals surface area (Å²) in [5.74, 6) is -1.16. The number of anilines is 1. The van der Waals surface area contributed by atoms with Crippen molar-refractivity contribution in [1.82, 2.24) is 0 Å². The summed E-state index contributed by atoms with van der Waals surface area (Å²) in [6.07, 6.45) is 1.08. The average Bonchev–Trinajstić information content (AvgIpc) is 2.52. The van der Waals surface area contributed by atoms with Crippen LogP contribution in [-0.2, 0) is 19.4 Å². The molecule has 0 aliphatic heterocycles. The van der Waals surface area contributed by atoms with Gasteiger partial charge in [-0.25, -0.2) is 13.2 Å². The van der Waals surface area contributed by atoms with Crippen LogP contribution in [0.15, 0.2) is 53.4 Å². The number of carbonyl (C=O) groups is 2. The molecule has 0 saturated carbocycles. The van der Waals surface area contributed by atoms with E-state index >= 15 is 0 Å². The summed E-state index contributed by atoms with van der Waals surface area (Å²) in [4.78, 5) is 23.8. The molecule has 1 amide bonds. The van der Waals surface area contributed by atoms with Crippen molar-refractivity contribution in [3.8, 4) is 0 Å². The molecule has 0 fully saturated rings. The second kappa shape index (κ2) is 7.27. The molecule has 6 nitrogen and oxygen atoms in total. The first kappa shape index (κ1) is 17.7. The number of nitrogens with one attached hydrogen (secondary N) is 1. The Bertz CT molecular complexity index is 857. The van der Waals surface area contributed by atoms with E-state index in [9.17, 15) is 18.0 Å². The monoisotopic (exact) mass is 347 g/mol. The minimum atomic E-state index is -3.33. The highest BCUT2D eigenvalue weighted by Crippen LogP contribution is 2.12. The van der Waals surface area contributed by atoms with E-state index in [0.29, 0.717) is 5.69 Å². The van der Waals surface area contributed by atoms with E-state index in [-0.39, 0.29) is 10.5 Å². The number of ether oxygens (including phenoxy) is 1. The van der Waals surface area contributed by atoms with Crippen LogP contribution in [0.25, 0.3) is 0 Å². The highest BCUT2D eigenvalue weighted by atomic mass is 32.2. The third-order valence-corrected chi connectivity index (χ3v) is 4.28. The van der Waals surface area contributed by atoms with Gasteiger partial charge in [-0.05, 0) is 48.9 Å². The van der Waals surface area contributed by atoms with Gasteiger partial charge in [-0.15, -0.1) is 0 Å². The lowest BCUT2D eigenvalue weighted by atomic mass is 10.2. The summed E-state index contributed by atoms with van der Waals surface area (Å²) in [5, 5.41) is 2.62. The number of hydrogen-bond donors (Lipinski definition) is 1. The molecule has 0 aromatic heterocycles. The Morgan fingerprint density at radius 2 is 1.75 bits per heavy atom. The third kappa shape index (κ3) is 4.92. The Balaban J connectivity index is 1.92. The summed E-state index contributed by atoms with van der Waals surface area (Å²) < 4.78 is 27.6. The molecule has 2 aromatic rings. The summed E-state index contributed by atoms with van der Waals surface area (Å²) in [5.41, 5.74) is 1.79. The van der Waals surface area contributed by atoms with E-state index in [1.807, 2.05) is 13.0 Å². The number of sulfone groups is 1. The van der Waals surface area contributed by atoms with Crippen LogP contribution in [0.5, 0.6) is 0 Å². The molecule has 7 heteroatoms. The number of hydrogen-bond acceptors (Lipinski definition) is 5. The zero-order valence-electron chi connectivity index (χ0n) is 13.3. The highest BCUT2D eigenvalue weighted by molar-refractivity contribution is 7.90. The molecule has 0 bridgehead atoms. The topological polar surface area (TPSA) is 89.5 Å². The van der Waals surface area contributed by atoms with Crippen LogP contribution in [0.4, 0.5) is 5.69 Å². The molecular formula is C17H17NO5S. The number of amides is 1. The molecule has 0 unspecified atom stereocenters. The van der Waals surface area contributed by atoms with Crippen molar-refractivity contribution in [3.63, 3.8) is 0 Å². The molecule has 0 atom stereocenters. The predicted octanol–water partition coefficient (Wildman–Crippen LogP) is 2.19. The maximum absolute atomic E-state index is 11.9. The highest BCUT2D eigenvalue weighted by Gasteiger charge is 2.12. The van der Waals surface area contributed by atoms with Crippen molar-refractivity contribution < 1.29 is 22.7 Å². The molecular weight excluding hydrogens is 330 g/mol. The minimum Gasteiger partial charge on any atom is -0.452 e. The third-order valence-electron chi connectivity index (χ3n) is 3.15. The second-order valence-corrected chi connectivity index (χ2v) is 7.31. The van der Waals surface area contributed by atoms with Crippen LogP contribution < -0.4 is 5.32 Å². The Morgan fingerprint density at radius 3 is 2.33 bits per heavy atom. The van der Waals surface area contributed by atoms with E-state index in [1.165, 1.54) is 24.3 Å². The molecule has 0 aliphatic rings. The lowest BCUT2D eigenvalue weighted by Crippen LogP contribution is -2.21. The Labute approximate surface area is 140 Å². The zero-order chi connectivity index (χ0) is 17.7. The van der Waals surface area contributed by atoms with Crippen LogP contribution in [0.1, 0.15) is 15.9 Å². The van der Waals surface area contributed by atoms with E-state index in [1.54, 1.807) is 18.2 Å². The van der Waals surface area contributed by atoms with Crippen LogP contribution in [-0.4, -0.2) is 33.2 Å². The van der Waals surface area contributed by atoms with Gasteiger partial charge in [0.15, 0.2) is 16.4 Å². The lowest BCUT2D eigenvalue weighted by Gasteiger charge is -2.07. The van der Waals surface area contributed by atoms with Crippen molar-refractivity contribution in [3.05, 3.63) is 59.7 Å². The van der Waals surface area contributed by atoms with Crippen LogP contribution in [0, 0.1) is 6.92 Å². The normalized spacial score (nSPS) is 10.9. The van der Waals surface area contributed by atoms with Crippen LogP contribution in [0.3, 0.4) is 0 Å². The molecule has 1 N–H and O–H groups in total. The summed E-state index contributed by atoms with van der Waals surface area (Å²) in [6.45, 7) is 1.47. The Morgan fingerprint density at radius 1 is 1.08 bits per heavy atom.